The van der Waals surface area contributed by atoms with Gasteiger partial charge in [-0.05, 0) is 59.5 Å². The summed E-state index contributed by atoms with van der Waals surface area (Å²) in [5, 5.41) is 0.410. The molecule has 4 aromatic rings. The lowest BCUT2D eigenvalue weighted by atomic mass is 10.1. The Bertz CT molecular complexity index is 1430. The molecule has 0 radical (unpaired) electrons. The second-order valence-corrected chi connectivity index (χ2v) is 10.8. The number of halogens is 1. The van der Waals surface area contributed by atoms with E-state index >= 15 is 0 Å². The molecule has 1 atom stereocenters. The highest BCUT2D eigenvalue weighted by Crippen LogP contribution is 2.29. The monoisotopic (exact) mass is 534 g/mol. The number of hydrogen-bond donors (Lipinski definition) is 1. The van der Waals surface area contributed by atoms with Crippen molar-refractivity contribution in [1.82, 2.24) is 4.31 Å². The van der Waals surface area contributed by atoms with Gasteiger partial charge in [-0.3, -0.25) is 4.79 Å². The number of carbonyl (C=O) groups is 1. The average Bonchev–Trinajstić information content (AvgIpc) is 2.91. The molecule has 0 heterocycles. The number of ether oxygens (including phenoxy) is 1. The highest BCUT2D eigenvalue weighted by Gasteiger charge is 2.35. The number of benzene rings is 4. The quantitative estimate of drug-likeness (QED) is 0.280. The van der Waals surface area contributed by atoms with E-state index in [1.807, 2.05) is 54.6 Å². The topological polar surface area (TPSA) is 89.7 Å². The predicted octanol–water partition coefficient (Wildman–Crippen LogP) is 5.38. The molecule has 0 aliphatic heterocycles. The second kappa shape index (κ2) is 12.1. The van der Waals surface area contributed by atoms with E-state index in [0.29, 0.717) is 29.4 Å². The number of nitrogens with two attached hydrogens (primary N) is 1. The summed E-state index contributed by atoms with van der Waals surface area (Å²) in [4.78, 5) is 12.7. The fourth-order valence-corrected chi connectivity index (χ4v) is 5.72. The molecule has 8 heteroatoms. The lowest BCUT2D eigenvalue weighted by molar-refractivity contribution is -0.121. The van der Waals surface area contributed by atoms with Crippen molar-refractivity contribution in [2.75, 3.05) is 6.54 Å². The summed E-state index contributed by atoms with van der Waals surface area (Å²) in [5.41, 5.74) is 8.16. The molecule has 0 saturated heterocycles. The average molecular weight is 535 g/mol. The molecule has 0 saturated carbocycles. The number of hydrogen-bond acceptors (Lipinski definition) is 4. The molecule has 0 unspecified atom stereocenters. The van der Waals surface area contributed by atoms with E-state index in [1.54, 1.807) is 30.3 Å². The maximum Gasteiger partial charge on any atom is 0.244 e. The first-order chi connectivity index (χ1) is 17.8. The Kier molecular flexibility index (Phi) is 8.61. The lowest BCUT2D eigenvalue weighted by Gasteiger charge is -2.29. The van der Waals surface area contributed by atoms with Crippen molar-refractivity contribution < 1.29 is 17.9 Å². The van der Waals surface area contributed by atoms with E-state index in [-0.39, 0.29) is 11.4 Å². The third-order valence-electron chi connectivity index (χ3n) is 5.86. The largest absolute Gasteiger partial charge is 0.489 e. The summed E-state index contributed by atoms with van der Waals surface area (Å²) in [6.07, 6.45) is 0.339. The van der Waals surface area contributed by atoms with Crippen LogP contribution in [-0.2, 0) is 27.8 Å². The van der Waals surface area contributed by atoms with Crippen molar-refractivity contribution >= 4 is 27.5 Å². The summed E-state index contributed by atoms with van der Waals surface area (Å²) >= 11 is 5.98. The third kappa shape index (κ3) is 6.77. The van der Waals surface area contributed by atoms with Crippen molar-refractivity contribution in [3.63, 3.8) is 0 Å². The van der Waals surface area contributed by atoms with Crippen LogP contribution < -0.4 is 10.5 Å². The molecule has 4 rings (SSSR count). The highest BCUT2D eigenvalue weighted by atomic mass is 35.5. The number of sulfonamides is 1. The first-order valence-electron chi connectivity index (χ1n) is 11.7. The van der Waals surface area contributed by atoms with Gasteiger partial charge in [0.05, 0.1) is 4.90 Å². The Morgan fingerprint density at radius 3 is 2.11 bits per heavy atom. The molecule has 190 valence electrons. The number of nitrogens with zero attached hydrogens (tertiary/aromatic N) is 1. The Morgan fingerprint density at radius 1 is 0.838 bits per heavy atom. The molecular formula is C29H27ClN2O4S. The van der Waals surface area contributed by atoms with Crippen LogP contribution in [0.1, 0.15) is 22.7 Å². The summed E-state index contributed by atoms with van der Waals surface area (Å²) in [5.74, 6) is -0.0911. The minimum atomic E-state index is -4.09. The minimum Gasteiger partial charge on any atom is -0.489 e. The van der Waals surface area contributed by atoms with Crippen LogP contribution in [0, 0.1) is 0 Å². The Morgan fingerprint density at radius 2 is 1.46 bits per heavy atom. The van der Waals surface area contributed by atoms with Gasteiger partial charge in [-0.25, -0.2) is 8.42 Å². The predicted molar refractivity (Wildman–Crippen MR) is 145 cm³/mol. The molecule has 0 bridgehead atoms. The normalized spacial score (nSPS) is 12.3. The van der Waals surface area contributed by atoms with E-state index in [0.717, 1.165) is 15.4 Å². The number of amides is 1. The smallest absolute Gasteiger partial charge is 0.244 e. The van der Waals surface area contributed by atoms with E-state index in [4.69, 9.17) is 22.1 Å². The molecule has 0 aromatic heterocycles. The molecular weight excluding hydrogens is 508 g/mol. The number of primary amides is 1. The van der Waals surface area contributed by atoms with Gasteiger partial charge in [0.15, 0.2) is 0 Å². The van der Waals surface area contributed by atoms with Crippen LogP contribution in [0.3, 0.4) is 0 Å². The van der Waals surface area contributed by atoms with Gasteiger partial charge < -0.3 is 10.5 Å². The Balaban J connectivity index is 1.61. The maximum atomic E-state index is 13.8. The second-order valence-electron chi connectivity index (χ2n) is 8.46. The van der Waals surface area contributed by atoms with Crippen LogP contribution in [-0.4, -0.2) is 25.2 Å². The third-order valence-corrected chi connectivity index (χ3v) is 7.99. The van der Waals surface area contributed by atoms with Gasteiger partial charge in [0, 0.05) is 11.6 Å². The number of carbonyl (C=O) groups excluding carboxylic acids is 1. The summed E-state index contributed by atoms with van der Waals surface area (Å²) in [6, 6.07) is 30.6. The van der Waals surface area contributed by atoms with E-state index in [2.05, 4.69) is 0 Å². The molecule has 0 aliphatic rings. The minimum absolute atomic E-state index is 0.0234. The van der Waals surface area contributed by atoms with Crippen LogP contribution in [0.4, 0.5) is 0 Å². The van der Waals surface area contributed by atoms with Crippen molar-refractivity contribution in [2.24, 2.45) is 5.73 Å². The SMILES string of the molecule is NC(=O)[C@@H](c1ccccc1)N(CCc1cccc(OCc2ccccc2)c1)S(=O)(=O)c1ccc(Cl)cc1. The molecule has 6 nitrogen and oxygen atoms in total. The fourth-order valence-electron chi connectivity index (χ4n) is 4.01. The standard InChI is InChI=1S/C29H27ClN2O4S/c30-25-14-16-27(17-15-25)37(34,35)32(28(29(31)33)24-11-5-2-6-12-24)19-18-22-10-7-13-26(20-22)36-21-23-8-3-1-4-9-23/h1-17,20,28H,18-19,21H2,(H2,31,33)/t28-/m1/s1. The van der Waals surface area contributed by atoms with Crippen LogP contribution >= 0.6 is 11.6 Å². The van der Waals surface area contributed by atoms with Crippen LogP contribution in [0.25, 0.3) is 0 Å². The van der Waals surface area contributed by atoms with Gasteiger partial charge in [-0.2, -0.15) is 4.31 Å². The fraction of sp³-hybridized carbons (Fsp3) is 0.138. The molecule has 1 amide bonds. The van der Waals surface area contributed by atoms with Crippen molar-refractivity contribution in [2.45, 2.75) is 24.0 Å². The van der Waals surface area contributed by atoms with Crippen LogP contribution in [0.5, 0.6) is 5.75 Å². The molecule has 37 heavy (non-hydrogen) atoms. The molecule has 4 aromatic carbocycles. The summed E-state index contributed by atoms with van der Waals surface area (Å²) < 4.78 is 34.6. The zero-order chi connectivity index (χ0) is 26.3. The summed E-state index contributed by atoms with van der Waals surface area (Å²) in [7, 11) is -4.09. The maximum absolute atomic E-state index is 13.8. The zero-order valence-corrected chi connectivity index (χ0v) is 21.6. The van der Waals surface area contributed by atoms with Crippen molar-refractivity contribution in [1.29, 1.82) is 0 Å². The Hall–Kier alpha value is -3.65. The zero-order valence-electron chi connectivity index (χ0n) is 20.0. The van der Waals surface area contributed by atoms with E-state index < -0.39 is 22.0 Å². The first-order valence-corrected chi connectivity index (χ1v) is 13.5. The van der Waals surface area contributed by atoms with Crippen molar-refractivity contribution in [3.8, 4) is 5.75 Å². The first kappa shape index (κ1) is 26.4. The van der Waals surface area contributed by atoms with Gasteiger partial charge >= 0.3 is 0 Å². The van der Waals surface area contributed by atoms with Gasteiger partial charge in [0.25, 0.3) is 0 Å². The molecule has 0 spiro atoms. The van der Waals surface area contributed by atoms with Crippen LogP contribution in [0.15, 0.2) is 114 Å². The van der Waals surface area contributed by atoms with Crippen molar-refractivity contribution in [3.05, 3.63) is 131 Å². The van der Waals surface area contributed by atoms with Gasteiger partial charge in [0.1, 0.15) is 18.4 Å². The van der Waals surface area contributed by atoms with E-state index in [9.17, 15) is 13.2 Å². The Labute approximate surface area is 222 Å². The van der Waals surface area contributed by atoms with E-state index in [1.165, 1.54) is 24.3 Å². The van der Waals surface area contributed by atoms with Gasteiger partial charge in [-0.15, -0.1) is 0 Å². The lowest BCUT2D eigenvalue weighted by Crippen LogP contribution is -2.42. The molecule has 0 aliphatic carbocycles. The number of rotatable bonds is 11. The summed E-state index contributed by atoms with van der Waals surface area (Å²) in [6.45, 7) is 0.439. The highest BCUT2D eigenvalue weighted by molar-refractivity contribution is 7.89. The molecule has 0 fully saturated rings. The van der Waals surface area contributed by atoms with Gasteiger partial charge in [0.2, 0.25) is 15.9 Å². The molecule has 2 N–H and O–H groups in total. The van der Waals surface area contributed by atoms with Gasteiger partial charge in [-0.1, -0.05) is 84.4 Å². The van der Waals surface area contributed by atoms with Crippen LogP contribution in [0.2, 0.25) is 5.02 Å².